The van der Waals surface area contributed by atoms with Crippen LogP contribution in [0.3, 0.4) is 0 Å². The Bertz CT molecular complexity index is 351. The summed E-state index contributed by atoms with van der Waals surface area (Å²) in [6.07, 6.45) is -4.79. The molecule has 1 rings (SSSR count). The van der Waals surface area contributed by atoms with E-state index in [1.165, 1.54) is 19.1 Å². The molecule has 0 bridgehead atoms. The minimum absolute atomic E-state index is 0.0557. The number of aryl methyl sites for hydroxylation is 1. The number of benzene rings is 1. The summed E-state index contributed by atoms with van der Waals surface area (Å²) in [4.78, 5) is 0. The Morgan fingerprint density at radius 1 is 1.27 bits per heavy atom. The Balaban J connectivity index is 3.01. The molecule has 0 saturated carbocycles. The van der Waals surface area contributed by atoms with Crippen LogP contribution in [0.4, 0.5) is 13.2 Å². The van der Waals surface area contributed by atoms with Gasteiger partial charge in [0.05, 0.1) is 0 Å². The standard InChI is InChI=1S/C8H8BF3O3/c1-5-2-3-6(9(13)14)4-7(5)15-8(10,11)12/h2-4,13-14H,1H3. The highest BCUT2D eigenvalue weighted by Gasteiger charge is 2.32. The fourth-order valence-corrected chi connectivity index (χ4v) is 1.01. The summed E-state index contributed by atoms with van der Waals surface area (Å²) in [5.74, 6) is -0.437. The molecule has 0 amide bonds. The Kier molecular flexibility index (Phi) is 3.26. The predicted octanol–water partition coefficient (Wildman–Crippen LogP) is 0.573. The van der Waals surface area contributed by atoms with E-state index in [0.29, 0.717) is 0 Å². The number of alkyl halides is 3. The molecule has 0 aliphatic heterocycles. The maximum atomic E-state index is 11.9. The molecule has 0 unspecified atom stereocenters. The van der Waals surface area contributed by atoms with E-state index in [9.17, 15) is 13.2 Å². The van der Waals surface area contributed by atoms with Gasteiger partial charge in [-0.25, -0.2) is 0 Å². The van der Waals surface area contributed by atoms with E-state index < -0.39 is 19.2 Å². The third-order valence-electron chi connectivity index (χ3n) is 1.74. The van der Waals surface area contributed by atoms with Crippen molar-refractivity contribution in [2.45, 2.75) is 13.3 Å². The van der Waals surface area contributed by atoms with Gasteiger partial charge in [-0.1, -0.05) is 12.1 Å². The Hall–Kier alpha value is -1.21. The molecule has 0 heterocycles. The fourth-order valence-electron chi connectivity index (χ4n) is 1.01. The Morgan fingerprint density at radius 2 is 1.87 bits per heavy atom. The van der Waals surface area contributed by atoms with Crippen LogP contribution in [0.1, 0.15) is 5.56 Å². The van der Waals surface area contributed by atoms with Crippen LogP contribution in [0, 0.1) is 6.92 Å². The predicted molar refractivity (Wildman–Crippen MR) is 47.7 cm³/mol. The van der Waals surface area contributed by atoms with Gasteiger partial charge in [-0.2, -0.15) is 0 Å². The van der Waals surface area contributed by atoms with Gasteiger partial charge in [0.15, 0.2) is 0 Å². The third-order valence-corrected chi connectivity index (χ3v) is 1.74. The summed E-state index contributed by atoms with van der Waals surface area (Å²) in [5.41, 5.74) is 0.205. The maximum absolute atomic E-state index is 11.9. The first kappa shape index (κ1) is 11.9. The molecule has 1 aromatic carbocycles. The quantitative estimate of drug-likeness (QED) is 0.716. The molecule has 0 fully saturated rings. The maximum Gasteiger partial charge on any atom is 0.573 e. The molecule has 0 radical (unpaired) electrons. The summed E-state index contributed by atoms with van der Waals surface area (Å²) < 4.78 is 39.4. The third kappa shape index (κ3) is 3.45. The highest BCUT2D eigenvalue weighted by atomic mass is 19.4. The van der Waals surface area contributed by atoms with Gasteiger partial charge in [-0.05, 0) is 24.0 Å². The molecule has 0 spiro atoms. The topological polar surface area (TPSA) is 49.7 Å². The molecule has 82 valence electrons. The van der Waals surface area contributed by atoms with Crippen molar-refractivity contribution in [3.63, 3.8) is 0 Å². The number of hydrogen-bond donors (Lipinski definition) is 2. The fraction of sp³-hybridized carbons (Fsp3) is 0.250. The first-order chi connectivity index (χ1) is 6.79. The average Bonchev–Trinajstić information content (AvgIpc) is 2.06. The van der Waals surface area contributed by atoms with Crippen molar-refractivity contribution in [1.82, 2.24) is 0 Å². The second kappa shape index (κ2) is 4.12. The SMILES string of the molecule is Cc1ccc(B(O)O)cc1OC(F)(F)F. The van der Waals surface area contributed by atoms with Crippen LogP contribution in [0.2, 0.25) is 0 Å². The molecule has 0 aliphatic carbocycles. The van der Waals surface area contributed by atoms with E-state index in [0.717, 1.165) is 6.07 Å². The highest BCUT2D eigenvalue weighted by molar-refractivity contribution is 6.58. The largest absolute Gasteiger partial charge is 0.573 e. The minimum Gasteiger partial charge on any atom is -0.423 e. The zero-order valence-electron chi connectivity index (χ0n) is 7.75. The van der Waals surface area contributed by atoms with E-state index in [-0.39, 0.29) is 11.0 Å². The van der Waals surface area contributed by atoms with Gasteiger partial charge in [0.2, 0.25) is 0 Å². The summed E-state index contributed by atoms with van der Waals surface area (Å²) in [5, 5.41) is 17.5. The van der Waals surface area contributed by atoms with Gasteiger partial charge < -0.3 is 14.8 Å². The van der Waals surface area contributed by atoms with E-state index in [4.69, 9.17) is 10.0 Å². The second-order valence-electron chi connectivity index (χ2n) is 2.95. The van der Waals surface area contributed by atoms with Crippen LogP contribution in [0.15, 0.2) is 18.2 Å². The molecule has 3 nitrogen and oxygen atoms in total. The minimum atomic E-state index is -4.79. The van der Waals surface area contributed by atoms with Gasteiger partial charge in [-0.3, -0.25) is 0 Å². The smallest absolute Gasteiger partial charge is 0.423 e. The van der Waals surface area contributed by atoms with Gasteiger partial charge >= 0.3 is 13.5 Å². The van der Waals surface area contributed by atoms with E-state index in [2.05, 4.69) is 4.74 Å². The van der Waals surface area contributed by atoms with E-state index in [1.807, 2.05) is 0 Å². The van der Waals surface area contributed by atoms with Gasteiger partial charge in [0, 0.05) is 0 Å². The number of rotatable bonds is 2. The van der Waals surface area contributed by atoms with Crippen molar-refractivity contribution in [1.29, 1.82) is 0 Å². The molecular weight excluding hydrogens is 212 g/mol. The molecule has 7 heteroatoms. The van der Waals surface area contributed by atoms with E-state index >= 15 is 0 Å². The zero-order chi connectivity index (χ0) is 11.6. The van der Waals surface area contributed by atoms with Gasteiger partial charge in [0.1, 0.15) is 5.75 Å². The van der Waals surface area contributed by atoms with Crippen LogP contribution in [0.25, 0.3) is 0 Å². The molecule has 0 saturated heterocycles. The van der Waals surface area contributed by atoms with Crippen molar-refractivity contribution in [3.05, 3.63) is 23.8 Å². The van der Waals surface area contributed by atoms with Gasteiger partial charge in [0.25, 0.3) is 0 Å². The monoisotopic (exact) mass is 220 g/mol. The lowest BCUT2D eigenvalue weighted by atomic mass is 9.80. The summed E-state index contributed by atoms with van der Waals surface area (Å²) >= 11 is 0. The summed E-state index contributed by atoms with van der Waals surface area (Å²) in [7, 11) is -1.82. The molecule has 15 heavy (non-hydrogen) atoms. The van der Waals surface area contributed by atoms with Crippen LogP contribution in [-0.4, -0.2) is 23.5 Å². The lowest BCUT2D eigenvalue weighted by Gasteiger charge is -2.12. The lowest BCUT2D eigenvalue weighted by molar-refractivity contribution is -0.274. The van der Waals surface area contributed by atoms with Crippen molar-refractivity contribution in [2.24, 2.45) is 0 Å². The van der Waals surface area contributed by atoms with E-state index in [1.54, 1.807) is 0 Å². The number of hydrogen-bond acceptors (Lipinski definition) is 3. The molecule has 0 atom stereocenters. The van der Waals surface area contributed by atoms with Crippen molar-refractivity contribution in [3.8, 4) is 5.75 Å². The number of halogens is 3. The average molecular weight is 220 g/mol. The first-order valence-electron chi connectivity index (χ1n) is 4.02. The zero-order valence-corrected chi connectivity index (χ0v) is 7.75. The molecule has 1 aromatic rings. The van der Waals surface area contributed by atoms with Crippen LogP contribution in [0.5, 0.6) is 5.75 Å². The second-order valence-corrected chi connectivity index (χ2v) is 2.95. The highest BCUT2D eigenvalue weighted by Crippen LogP contribution is 2.24. The molecule has 0 aliphatic rings. The lowest BCUT2D eigenvalue weighted by Crippen LogP contribution is -2.30. The van der Waals surface area contributed by atoms with Crippen LogP contribution in [-0.2, 0) is 0 Å². The van der Waals surface area contributed by atoms with Crippen LogP contribution >= 0.6 is 0 Å². The van der Waals surface area contributed by atoms with Crippen molar-refractivity contribution < 1.29 is 28.0 Å². The normalized spacial score (nSPS) is 11.3. The molecular formula is C8H8BF3O3. The van der Waals surface area contributed by atoms with Crippen LogP contribution < -0.4 is 10.2 Å². The summed E-state index contributed by atoms with van der Waals surface area (Å²) in [6.45, 7) is 1.43. The first-order valence-corrected chi connectivity index (χ1v) is 4.02. The van der Waals surface area contributed by atoms with Gasteiger partial charge in [-0.15, -0.1) is 13.2 Å². The van der Waals surface area contributed by atoms with Crippen molar-refractivity contribution >= 4 is 12.6 Å². The summed E-state index contributed by atoms with van der Waals surface area (Å²) in [6, 6.07) is 3.56. The number of ether oxygens (including phenoxy) is 1. The molecule has 0 aromatic heterocycles. The van der Waals surface area contributed by atoms with Crippen molar-refractivity contribution in [2.75, 3.05) is 0 Å². The molecule has 2 N–H and O–H groups in total. The Morgan fingerprint density at radius 3 is 2.33 bits per heavy atom. The Labute approximate surface area is 84.3 Å².